The van der Waals surface area contributed by atoms with Crippen molar-refractivity contribution < 1.29 is 4.79 Å². The van der Waals surface area contributed by atoms with Gasteiger partial charge in [0.25, 0.3) is 11.5 Å². The van der Waals surface area contributed by atoms with Gasteiger partial charge >= 0.3 is 5.69 Å². The van der Waals surface area contributed by atoms with Gasteiger partial charge in [-0.3, -0.25) is 18.7 Å². The van der Waals surface area contributed by atoms with Crippen LogP contribution in [0, 0.1) is 0 Å². The standard InChI is InChI=1S/C23H21ClN4O3/c1-13-17(21(29)26-16-7-5-4-6-8-16)18(14-9-11-15(24)12-10-14)19-20(25-13)27(2)23(31)28(3)22(19)30/h4-12,18,25H,1-3H3,(H,26,29). The van der Waals surface area contributed by atoms with Crippen LogP contribution in [-0.2, 0) is 18.9 Å². The molecule has 0 bridgehead atoms. The number of carbonyl (C=O) groups is 1. The van der Waals surface area contributed by atoms with Crippen molar-refractivity contribution in [2.75, 3.05) is 10.6 Å². The van der Waals surface area contributed by atoms with Gasteiger partial charge in [-0.1, -0.05) is 41.9 Å². The van der Waals surface area contributed by atoms with E-state index in [1.54, 1.807) is 50.4 Å². The Balaban J connectivity index is 1.95. The number of rotatable bonds is 3. The molecule has 1 atom stereocenters. The minimum Gasteiger partial charge on any atom is -0.344 e. The van der Waals surface area contributed by atoms with E-state index in [0.717, 1.165) is 10.1 Å². The van der Waals surface area contributed by atoms with Crippen LogP contribution in [0.5, 0.6) is 0 Å². The van der Waals surface area contributed by atoms with Gasteiger partial charge in [-0.15, -0.1) is 0 Å². The first-order valence-corrected chi connectivity index (χ1v) is 10.1. The minimum absolute atomic E-state index is 0.329. The highest BCUT2D eigenvalue weighted by atomic mass is 35.5. The molecule has 1 amide bonds. The molecule has 8 heteroatoms. The molecular weight excluding hydrogens is 416 g/mol. The molecule has 0 saturated carbocycles. The van der Waals surface area contributed by atoms with Gasteiger partial charge < -0.3 is 10.6 Å². The maximum absolute atomic E-state index is 13.4. The number of para-hydroxylation sites is 1. The van der Waals surface area contributed by atoms with Crippen molar-refractivity contribution in [1.29, 1.82) is 0 Å². The van der Waals surface area contributed by atoms with Crippen LogP contribution in [0.25, 0.3) is 0 Å². The predicted octanol–water partition coefficient (Wildman–Crippen LogP) is 3.21. The van der Waals surface area contributed by atoms with Crippen molar-refractivity contribution in [2.24, 2.45) is 14.1 Å². The van der Waals surface area contributed by atoms with Gasteiger partial charge in [-0.25, -0.2) is 4.79 Å². The van der Waals surface area contributed by atoms with Crippen LogP contribution < -0.4 is 21.9 Å². The number of anilines is 2. The lowest BCUT2D eigenvalue weighted by Crippen LogP contribution is -2.43. The largest absolute Gasteiger partial charge is 0.344 e. The summed E-state index contributed by atoms with van der Waals surface area (Å²) in [6.45, 7) is 1.76. The molecule has 1 aromatic heterocycles. The lowest BCUT2D eigenvalue weighted by molar-refractivity contribution is -0.113. The summed E-state index contributed by atoms with van der Waals surface area (Å²) in [6.07, 6.45) is 0. The number of benzene rings is 2. The molecular formula is C23H21ClN4O3. The molecule has 0 spiro atoms. The molecule has 3 aromatic rings. The van der Waals surface area contributed by atoms with Crippen LogP contribution in [0.2, 0.25) is 5.02 Å². The molecule has 0 fully saturated rings. The van der Waals surface area contributed by atoms with E-state index in [0.29, 0.717) is 33.4 Å². The quantitative estimate of drug-likeness (QED) is 0.660. The first-order chi connectivity index (χ1) is 14.8. The number of hydrogen-bond donors (Lipinski definition) is 2. The number of amides is 1. The monoisotopic (exact) mass is 436 g/mol. The maximum atomic E-state index is 13.4. The van der Waals surface area contributed by atoms with Crippen LogP contribution in [0.4, 0.5) is 11.5 Å². The van der Waals surface area contributed by atoms with Crippen molar-refractivity contribution in [1.82, 2.24) is 9.13 Å². The zero-order chi connectivity index (χ0) is 22.3. The average molecular weight is 437 g/mol. The van der Waals surface area contributed by atoms with Gasteiger partial charge in [0.1, 0.15) is 5.82 Å². The summed E-state index contributed by atoms with van der Waals surface area (Å²) in [4.78, 5) is 39.1. The zero-order valence-corrected chi connectivity index (χ0v) is 18.0. The fourth-order valence-corrected chi connectivity index (χ4v) is 4.02. The summed E-state index contributed by atoms with van der Waals surface area (Å²) in [5.74, 6) is -0.637. The van der Waals surface area contributed by atoms with Crippen LogP contribution in [0.1, 0.15) is 24.0 Å². The van der Waals surface area contributed by atoms with Crippen LogP contribution in [0.3, 0.4) is 0 Å². The van der Waals surface area contributed by atoms with E-state index < -0.39 is 17.2 Å². The summed E-state index contributed by atoms with van der Waals surface area (Å²) >= 11 is 6.07. The fraction of sp³-hybridized carbons (Fsp3) is 0.174. The fourth-order valence-electron chi connectivity index (χ4n) is 3.90. The Labute approximate surface area is 183 Å². The molecule has 1 unspecified atom stereocenters. The van der Waals surface area contributed by atoms with E-state index in [1.807, 2.05) is 18.2 Å². The molecule has 4 rings (SSSR count). The number of allylic oxidation sites excluding steroid dienone is 1. The van der Waals surface area contributed by atoms with E-state index in [1.165, 1.54) is 11.6 Å². The number of aromatic nitrogens is 2. The van der Waals surface area contributed by atoms with Gasteiger partial charge in [0, 0.05) is 36.1 Å². The second kappa shape index (κ2) is 7.92. The second-order valence-corrected chi connectivity index (χ2v) is 7.87. The molecule has 0 saturated heterocycles. The summed E-state index contributed by atoms with van der Waals surface area (Å²) in [5.41, 5.74) is 1.75. The van der Waals surface area contributed by atoms with E-state index in [9.17, 15) is 14.4 Å². The third-order valence-corrected chi connectivity index (χ3v) is 5.72. The van der Waals surface area contributed by atoms with Crippen LogP contribution in [0.15, 0.2) is 75.5 Å². The number of fused-ring (bicyclic) bond motifs is 1. The molecule has 0 radical (unpaired) electrons. The smallest absolute Gasteiger partial charge is 0.332 e. The number of carbonyl (C=O) groups excluding carboxylic acids is 1. The maximum Gasteiger partial charge on any atom is 0.332 e. The molecule has 7 nitrogen and oxygen atoms in total. The molecule has 2 N–H and O–H groups in total. The minimum atomic E-state index is -0.678. The van der Waals surface area contributed by atoms with Gasteiger partial charge in [0.2, 0.25) is 0 Å². The lowest BCUT2D eigenvalue weighted by Gasteiger charge is -2.31. The highest BCUT2D eigenvalue weighted by molar-refractivity contribution is 6.30. The molecule has 158 valence electrons. The summed E-state index contributed by atoms with van der Waals surface area (Å²) in [7, 11) is 3.02. The van der Waals surface area contributed by atoms with Crippen molar-refractivity contribution >= 4 is 29.0 Å². The highest BCUT2D eigenvalue weighted by Gasteiger charge is 2.36. The Bertz CT molecular complexity index is 1320. The van der Waals surface area contributed by atoms with Gasteiger partial charge in [-0.2, -0.15) is 0 Å². The third kappa shape index (κ3) is 3.57. The Kier molecular flexibility index (Phi) is 5.29. The van der Waals surface area contributed by atoms with Crippen molar-refractivity contribution in [3.05, 3.63) is 103 Å². The van der Waals surface area contributed by atoms with Crippen molar-refractivity contribution in [3.8, 4) is 0 Å². The predicted molar refractivity (Wildman–Crippen MR) is 122 cm³/mol. The Hall–Kier alpha value is -3.58. The third-order valence-electron chi connectivity index (χ3n) is 5.47. The zero-order valence-electron chi connectivity index (χ0n) is 17.3. The molecule has 1 aliphatic heterocycles. The van der Waals surface area contributed by atoms with Gasteiger partial charge in [0.05, 0.1) is 11.5 Å². The van der Waals surface area contributed by atoms with Crippen molar-refractivity contribution in [3.63, 3.8) is 0 Å². The SMILES string of the molecule is CC1=C(C(=O)Nc2ccccc2)C(c2ccc(Cl)cc2)c2c(n(C)c(=O)n(C)c2=O)N1. The van der Waals surface area contributed by atoms with E-state index in [4.69, 9.17) is 11.6 Å². The van der Waals surface area contributed by atoms with Gasteiger partial charge in [-0.05, 0) is 36.8 Å². The number of nitrogens with zero attached hydrogens (tertiary/aromatic N) is 2. The lowest BCUT2D eigenvalue weighted by atomic mass is 9.81. The van der Waals surface area contributed by atoms with E-state index >= 15 is 0 Å². The normalized spacial score (nSPS) is 15.3. The molecule has 0 aliphatic carbocycles. The van der Waals surface area contributed by atoms with Crippen LogP contribution >= 0.6 is 11.6 Å². The first-order valence-electron chi connectivity index (χ1n) is 9.69. The van der Waals surface area contributed by atoms with Gasteiger partial charge in [0.15, 0.2) is 0 Å². The van der Waals surface area contributed by atoms with Crippen molar-refractivity contribution in [2.45, 2.75) is 12.8 Å². The number of nitrogens with one attached hydrogen (secondary N) is 2. The number of halogens is 1. The van der Waals surface area contributed by atoms with E-state index in [-0.39, 0.29) is 5.91 Å². The second-order valence-electron chi connectivity index (χ2n) is 7.44. The van der Waals surface area contributed by atoms with Crippen LogP contribution in [-0.4, -0.2) is 15.0 Å². The topological polar surface area (TPSA) is 85.1 Å². The Morgan fingerprint density at radius 3 is 2.29 bits per heavy atom. The summed E-state index contributed by atoms with van der Waals surface area (Å²) < 4.78 is 2.44. The number of hydrogen-bond acceptors (Lipinski definition) is 4. The molecule has 2 aromatic carbocycles. The Morgan fingerprint density at radius 1 is 1.00 bits per heavy atom. The summed E-state index contributed by atoms with van der Waals surface area (Å²) in [5, 5.41) is 6.55. The average Bonchev–Trinajstić information content (AvgIpc) is 2.76. The molecule has 1 aliphatic rings. The first kappa shape index (κ1) is 20.7. The summed E-state index contributed by atoms with van der Waals surface area (Å²) in [6, 6.07) is 16.1. The highest BCUT2D eigenvalue weighted by Crippen LogP contribution is 2.40. The Morgan fingerprint density at radius 2 is 1.65 bits per heavy atom. The molecule has 2 heterocycles. The van der Waals surface area contributed by atoms with E-state index in [2.05, 4.69) is 10.6 Å². The molecule has 31 heavy (non-hydrogen) atoms.